The van der Waals surface area contributed by atoms with Gasteiger partial charge in [0, 0.05) is 17.4 Å². The van der Waals surface area contributed by atoms with E-state index in [2.05, 4.69) is 0 Å². The Bertz CT molecular complexity index is 27.2. The van der Waals surface area contributed by atoms with Gasteiger partial charge in [0.2, 0.25) is 0 Å². The Balaban J connectivity index is -0.0000000800. The molecule has 0 aliphatic heterocycles. The fourth-order valence-electron chi connectivity index (χ4n) is 0. The molecule has 0 aromatic rings. The van der Waals surface area contributed by atoms with Gasteiger partial charge in [-0.3, -0.25) is 0 Å². The summed E-state index contributed by atoms with van der Waals surface area (Å²) in [6.45, 7) is 0. The molecule has 0 heterocycles. The van der Waals surface area contributed by atoms with Crippen molar-refractivity contribution in [3.05, 3.63) is 0 Å². The maximum atomic E-state index is 7.33. The topological polar surface area (TPSA) is 80.9 Å². The average Bonchev–Trinajstić information content (AvgIpc) is 0.722. The molecular weight excluding hydrogens is 171 g/mol. The van der Waals surface area contributed by atoms with Crippen LogP contribution in [0.1, 0.15) is 0 Å². The van der Waals surface area contributed by atoms with Crippen molar-refractivity contribution in [2.45, 2.75) is 0 Å². The van der Waals surface area contributed by atoms with Crippen LogP contribution >= 0.6 is 0 Å². The Hall–Kier alpha value is 1.12. The molecule has 0 aliphatic rings. The fourth-order valence-corrected chi connectivity index (χ4v) is 0. The van der Waals surface area contributed by atoms with E-state index in [1.807, 2.05) is 0 Å². The van der Waals surface area contributed by atoms with Crippen molar-refractivity contribution < 1.29 is 36.5 Å². The van der Waals surface area contributed by atoms with Gasteiger partial charge in [0.15, 0.2) is 17.4 Å². The summed E-state index contributed by atoms with van der Waals surface area (Å²) in [5.41, 5.74) is 0. The minimum Gasteiger partial charge on any atom is -0.368 e. The van der Waals surface area contributed by atoms with Gasteiger partial charge in [0.1, 0.15) is 0 Å². The van der Waals surface area contributed by atoms with E-state index in [1.165, 1.54) is 0 Å². The van der Waals surface area contributed by atoms with Crippen molar-refractivity contribution in [3.63, 3.8) is 0 Å². The fraction of sp³-hybridized carbons (Fsp3) is 0. The smallest absolute Gasteiger partial charge is 0.368 e. The maximum Gasteiger partial charge on any atom is 0.668 e. The summed E-state index contributed by atoms with van der Waals surface area (Å²) in [6, 6.07) is 0. The first-order chi connectivity index (χ1) is 2.00. The van der Waals surface area contributed by atoms with Crippen molar-refractivity contribution in [3.8, 4) is 0 Å². The molecule has 0 aromatic carbocycles. The largest absolute Gasteiger partial charge is 0.668 e. The molecule has 0 spiro atoms. The summed E-state index contributed by atoms with van der Waals surface area (Å²) in [7, 11) is -4.61. The standard InChI is InChI=1S/Al.Cr.H4O4Si.3H/c;;1-5(2,3)4;;;/h;;1-4H;;;. The van der Waals surface area contributed by atoms with E-state index in [4.69, 9.17) is 19.2 Å². The van der Waals surface area contributed by atoms with Crippen LogP contribution in [0.5, 0.6) is 0 Å². The van der Waals surface area contributed by atoms with Crippen LogP contribution in [0.15, 0.2) is 0 Å². The Kier molecular flexibility index (Phi) is 11.8. The van der Waals surface area contributed by atoms with Crippen LogP contribution in [-0.4, -0.2) is 45.6 Å². The summed E-state index contributed by atoms with van der Waals surface area (Å²) in [4.78, 5) is 29.3. The van der Waals surface area contributed by atoms with Gasteiger partial charge in [0.25, 0.3) is 0 Å². The number of hydrogen-bond acceptors (Lipinski definition) is 4. The van der Waals surface area contributed by atoms with E-state index in [1.54, 1.807) is 0 Å². The molecular formula is H7AlCrO4Si. The summed E-state index contributed by atoms with van der Waals surface area (Å²) in [5, 5.41) is 0. The van der Waals surface area contributed by atoms with Crippen LogP contribution in [0, 0.1) is 0 Å². The second kappa shape index (κ2) is 5.26. The Morgan fingerprint density at radius 1 is 0.857 bits per heavy atom. The van der Waals surface area contributed by atoms with Crippen molar-refractivity contribution in [2.24, 2.45) is 0 Å². The third kappa shape index (κ3) is 148. The average molecular weight is 178 g/mol. The third-order valence-corrected chi connectivity index (χ3v) is 0. The van der Waals surface area contributed by atoms with Crippen LogP contribution < -0.4 is 0 Å². The molecule has 0 amide bonds. The SMILES string of the molecule is O[Si](O)(O)O.[AlH3].[Cr]. The number of rotatable bonds is 0. The van der Waals surface area contributed by atoms with Gasteiger partial charge in [-0.15, -0.1) is 0 Å². The molecule has 0 bridgehead atoms. The van der Waals surface area contributed by atoms with Crippen molar-refractivity contribution in [1.82, 2.24) is 0 Å². The van der Waals surface area contributed by atoms with Crippen LogP contribution in [0.4, 0.5) is 0 Å². The first-order valence-corrected chi connectivity index (χ1v) is 2.68. The maximum absolute atomic E-state index is 7.33. The first-order valence-electron chi connectivity index (χ1n) is 0.894. The van der Waals surface area contributed by atoms with Crippen molar-refractivity contribution in [1.29, 1.82) is 0 Å². The van der Waals surface area contributed by atoms with Crippen molar-refractivity contribution >= 4 is 26.4 Å². The molecule has 0 rings (SSSR count). The first kappa shape index (κ1) is 15.7. The Morgan fingerprint density at radius 3 is 0.857 bits per heavy atom. The zero-order chi connectivity index (χ0) is 4.50. The van der Waals surface area contributed by atoms with E-state index in [0.29, 0.717) is 0 Å². The molecule has 7 heteroatoms. The van der Waals surface area contributed by atoms with E-state index < -0.39 is 9.05 Å². The molecule has 0 unspecified atom stereocenters. The minimum atomic E-state index is -4.61. The van der Waals surface area contributed by atoms with Crippen LogP contribution in [0.3, 0.4) is 0 Å². The van der Waals surface area contributed by atoms with E-state index in [-0.39, 0.29) is 34.7 Å². The van der Waals surface area contributed by atoms with Crippen LogP contribution in [0.2, 0.25) is 0 Å². The van der Waals surface area contributed by atoms with Crippen LogP contribution in [-0.2, 0) is 17.4 Å². The molecule has 4 N–H and O–H groups in total. The Labute approximate surface area is 63.2 Å². The van der Waals surface area contributed by atoms with E-state index >= 15 is 0 Å². The summed E-state index contributed by atoms with van der Waals surface area (Å²) >= 11 is 0. The Morgan fingerprint density at radius 2 is 0.857 bits per heavy atom. The normalized spacial score (nSPS) is 8.57. The van der Waals surface area contributed by atoms with Gasteiger partial charge in [-0.2, -0.15) is 0 Å². The van der Waals surface area contributed by atoms with Gasteiger partial charge in [-0.1, -0.05) is 0 Å². The monoisotopic (exact) mass is 178 g/mol. The number of hydrogen-bond donors (Lipinski definition) is 4. The molecule has 44 valence electrons. The molecule has 0 fully saturated rings. The molecule has 0 atom stereocenters. The second-order valence-corrected chi connectivity index (χ2v) is 1.80. The summed E-state index contributed by atoms with van der Waals surface area (Å²) in [5.74, 6) is 0. The summed E-state index contributed by atoms with van der Waals surface area (Å²) < 4.78 is 0. The molecule has 7 heavy (non-hydrogen) atoms. The second-order valence-electron chi connectivity index (χ2n) is 0.600. The van der Waals surface area contributed by atoms with Gasteiger partial charge in [0.05, 0.1) is 0 Å². The zero-order valence-corrected chi connectivity index (χ0v) is 4.97. The molecule has 0 saturated carbocycles. The summed E-state index contributed by atoms with van der Waals surface area (Å²) in [6.07, 6.45) is 0. The molecule has 0 radical (unpaired) electrons. The molecule has 4 nitrogen and oxygen atoms in total. The molecule has 0 aliphatic carbocycles. The van der Waals surface area contributed by atoms with Gasteiger partial charge < -0.3 is 19.2 Å². The predicted octanol–water partition coefficient (Wildman–Crippen LogP) is -3.80. The van der Waals surface area contributed by atoms with Crippen LogP contribution in [0.25, 0.3) is 0 Å². The minimum absolute atomic E-state index is 0. The molecule has 0 aromatic heterocycles. The third-order valence-electron chi connectivity index (χ3n) is 0. The van der Waals surface area contributed by atoms with Gasteiger partial charge in [-0.05, 0) is 0 Å². The molecule has 0 saturated heterocycles. The van der Waals surface area contributed by atoms with Crippen molar-refractivity contribution in [2.75, 3.05) is 0 Å². The van der Waals surface area contributed by atoms with Gasteiger partial charge in [-0.25, -0.2) is 0 Å². The van der Waals surface area contributed by atoms with Gasteiger partial charge >= 0.3 is 9.05 Å². The predicted molar refractivity (Wildman–Crippen MR) is 24.6 cm³/mol. The van der Waals surface area contributed by atoms with E-state index in [9.17, 15) is 0 Å². The zero-order valence-electron chi connectivity index (χ0n) is 2.70. The quantitative estimate of drug-likeness (QED) is 0.287. The van der Waals surface area contributed by atoms with E-state index in [0.717, 1.165) is 0 Å².